The van der Waals surface area contributed by atoms with E-state index in [1.54, 1.807) is 19.1 Å². The smallest absolute Gasteiger partial charge is 0.406 e. The second kappa shape index (κ2) is 8.08. The maximum Gasteiger partial charge on any atom is 0.573 e. The lowest BCUT2D eigenvalue weighted by Gasteiger charge is -2.26. The molecular formula is C21H15F6N3O3S. The summed E-state index contributed by atoms with van der Waals surface area (Å²) in [4.78, 5) is 3.29. The Labute approximate surface area is 189 Å². The van der Waals surface area contributed by atoms with Gasteiger partial charge < -0.3 is 10.1 Å². The van der Waals surface area contributed by atoms with Crippen LogP contribution in [0.25, 0.3) is 0 Å². The van der Waals surface area contributed by atoms with Crippen molar-refractivity contribution >= 4 is 27.2 Å². The van der Waals surface area contributed by atoms with Crippen LogP contribution in [0.3, 0.4) is 0 Å². The Morgan fingerprint density at radius 3 is 2.26 bits per heavy atom. The van der Waals surface area contributed by atoms with E-state index >= 15 is 0 Å². The van der Waals surface area contributed by atoms with E-state index in [4.69, 9.17) is 0 Å². The minimum atomic E-state index is -4.95. The number of benzene rings is 2. The summed E-state index contributed by atoms with van der Waals surface area (Å²) in [7, 11) is -4.36. The maximum atomic E-state index is 13.5. The molecule has 0 atom stereocenters. The monoisotopic (exact) mass is 503 g/mol. The predicted molar refractivity (Wildman–Crippen MR) is 110 cm³/mol. The van der Waals surface area contributed by atoms with Gasteiger partial charge in [0.15, 0.2) is 0 Å². The molecule has 4 rings (SSSR count). The molecule has 6 nitrogen and oxygen atoms in total. The zero-order valence-electron chi connectivity index (χ0n) is 17.2. The highest BCUT2D eigenvalue weighted by Crippen LogP contribution is 2.41. The standard InChI is InChI=1S/C21H15F6N3O3S/c1-12-3-2-4-16-18(12)30(11-13-5-10-17(20(22,23)24)29-19(13)28-16)34(31,32)15-8-6-14(7-9-15)33-21(25,26)27/h2-10H,11H2,1H3,(H,28,29). The number of pyridine rings is 1. The molecular weight excluding hydrogens is 488 g/mol. The molecule has 0 aliphatic carbocycles. The Morgan fingerprint density at radius 1 is 0.971 bits per heavy atom. The van der Waals surface area contributed by atoms with Crippen molar-refractivity contribution in [1.29, 1.82) is 0 Å². The quantitative estimate of drug-likeness (QED) is 0.461. The molecule has 0 saturated heterocycles. The van der Waals surface area contributed by atoms with Gasteiger partial charge in [0.05, 0.1) is 22.8 Å². The molecule has 2 heterocycles. The summed E-state index contributed by atoms with van der Waals surface area (Å²) in [6.45, 7) is 1.25. The van der Waals surface area contributed by atoms with Crippen LogP contribution in [0, 0.1) is 6.92 Å². The first-order valence-corrected chi connectivity index (χ1v) is 11.0. The molecule has 0 fully saturated rings. The number of alkyl halides is 6. The summed E-state index contributed by atoms with van der Waals surface area (Å²) in [5, 5.41) is 2.78. The van der Waals surface area contributed by atoms with Gasteiger partial charge in [0, 0.05) is 5.56 Å². The molecule has 0 unspecified atom stereocenters. The number of hydrogen-bond acceptors (Lipinski definition) is 5. The Balaban J connectivity index is 1.81. The zero-order chi connectivity index (χ0) is 24.9. The molecule has 0 saturated carbocycles. The van der Waals surface area contributed by atoms with Gasteiger partial charge in [0.25, 0.3) is 10.0 Å². The van der Waals surface area contributed by atoms with Gasteiger partial charge in [-0.1, -0.05) is 18.2 Å². The number of aromatic nitrogens is 1. The Bertz CT molecular complexity index is 1340. The minimum Gasteiger partial charge on any atom is -0.406 e. The fourth-order valence-corrected chi connectivity index (χ4v) is 5.01. The summed E-state index contributed by atoms with van der Waals surface area (Å²) < 4.78 is 109. The highest BCUT2D eigenvalue weighted by molar-refractivity contribution is 7.92. The topological polar surface area (TPSA) is 71.5 Å². The average molecular weight is 503 g/mol. The molecule has 1 aliphatic heterocycles. The first-order chi connectivity index (χ1) is 15.8. The first kappa shape index (κ1) is 23.7. The fourth-order valence-electron chi connectivity index (χ4n) is 3.48. The van der Waals surface area contributed by atoms with E-state index in [1.165, 1.54) is 6.07 Å². The number of para-hydroxylation sites is 1. The van der Waals surface area contributed by atoms with E-state index in [2.05, 4.69) is 15.0 Å². The number of nitrogens with zero attached hydrogens (tertiary/aromatic N) is 2. The number of aryl methyl sites for hydroxylation is 1. The van der Waals surface area contributed by atoms with E-state index in [9.17, 15) is 34.8 Å². The highest BCUT2D eigenvalue weighted by Gasteiger charge is 2.36. The van der Waals surface area contributed by atoms with Crippen LogP contribution in [0.15, 0.2) is 59.5 Å². The van der Waals surface area contributed by atoms with Crippen molar-refractivity contribution < 1.29 is 39.5 Å². The van der Waals surface area contributed by atoms with Gasteiger partial charge in [-0.25, -0.2) is 13.4 Å². The van der Waals surface area contributed by atoms with Crippen molar-refractivity contribution in [3.8, 4) is 5.75 Å². The number of hydrogen-bond donors (Lipinski definition) is 1. The summed E-state index contributed by atoms with van der Waals surface area (Å²) in [5.74, 6) is -0.761. The van der Waals surface area contributed by atoms with Crippen molar-refractivity contribution in [2.45, 2.75) is 30.9 Å². The number of ether oxygens (including phenoxy) is 1. The molecule has 1 N–H and O–H groups in total. The number of anilines is 3. The molecule has 0 amide bonds. The van der Waals surface area contributed by atoms with Crippen LogP contribution in [0.5, 0.6) is 5.75 Å². The SMILES string of the molecule is Cc1cccc2c1N(S(=O)(=O)c1ccc(OC(F)(F)F)cc1)Cc1ccc(C(F)(F)F)nc1N2. The maximum absolute atomic E-state index is 13.5. The van der Waals surface area contributed by atoms with Crippen LogP contribution in [0.2, 0.25) is 0 Å². The molecule has 13 heteroatoms. The van der Waals surface area contributed by atoms with Gasteiger partial charge in [-0.2, -0.15) is 13.2 Å². The third-order valence-electron chi connectivity index (χ3n) is 4.97. The molecule has 3 aromatic rings. The minimum absolute atomic E-state index is 0.159. The van der Waals surface area contributed by atoms with E-state index in [0.717, 1.165) is 40.7 Å². The number of rotatable bonds is 3. The van der Waals surface area contributed by atoms with Crippen molar-refractivity contribution in [3.05, 3.63) is 71.4 Å². The number of sulfonamides is 1. The van der Waals surface area contributed by atoms with Gasteiger partial charge >= 0.3 is 12.5 Å². The lowest BCUT2D eigenvalue weighted by atomic mass is 10.1. The van der Waals surface area contributed by atoms with E-state index in [-0.39, 0.29) is 34.2 Å². The Hall–Kier alpha value is -3.48. The average Bonchev–Trinajstić information content (AvgIpc) is 2.89. The van der Waals surface area contributed by atoms with Gasteiger partial charge in [-0.05, 0) is 48.9 Å². The summed E-state index contributed by atoms with van der Waals surface area (Å²) in [6, 6.07) is 10.2. The third kappa shape index (κ3) is 4.60. The second-order valence-electron chi connectivity index (χ2n) is 7.33. The van der Waals surface area contributed by atoms with E-state index in [1.807, 2.05) is 0 Å². The lowest BCUT2D eigenvalue weighted by Crippen LogP contribution is -2.31. The number of fused-ring (bicyclic) bond motifs is 2. The van der Waals surface area contributed by atoms with E-state index < -0.39 is 34.0 Å². The van der Waals surface area contributed by atoms with Gasteiger partial charge in [0.1, 0.15) is 17.3 Å². The van der Waals surface area contributed by atoms with Gasteiger partial charge in [0.2, 0.25) is 0 Å². The van der Waals surface area contributed by atoms with Gasteiger partial charge in [-0.15, -0.1) is 13.2 Å². The van der Waals surface area contributed by atoms with Gasteiger partial charge in [-0.3, -0.25) is 4.31 Å². The van der Waals surface area contributed by atoms with Crippen LogP contribution >= 0.6 is 0 Å². The van der Waals surface area contributed by atoms with Crippen molar-refractivity contribution in [2.24, 2.45) is 0 Å². The molecule has 2 aromatic carbocycles. The number of halogens is 6. The normalized spacial score (nSPS) is 14.0. The van der Waals surface area contributed by atoms with Crippen LogP contribution in [-0.2, 0) is 22.7 Å². The third-order valence-corrected chi connectivity index (χ3v) is 6.73. The first-order valence-electron chi connectivity index (χ1n) is 9.58. The molecule has 1 aliphatic rings. The zero-order valence-corrected chi connectivity index (χ0v) is 18.0. The lowest BCUT2D eigenvalue weighted by molar-refractivity contribution is -0.274. The molecule has 0 radical (unpaired) electrons. The van der Waals surface area contributed by atoms with E-state index in [0.29, 0.717) is 5.56 Å². The van der Waals surface area contributed by atoms with Crippen molar-refractivity contribution in [3.63, 3.8) is 0 Å². The number of nitrogens with one attached hydrogen (secondary N) is 1. The second-order valence-corrected chi connectivity index (χ2v) is 9.19. The summed E-state index contributed by atoms with van der Waals surface area (Å²) >= 11 is 0. The van der Waals surface area contributed by atoms with Crippen LogP contribution in [0.4, 0.5) is 43.5 Å². The Kier molecular flexibility index (Phi) is 5.62. The molecule has 180 valence electrons. The van der Waals surface area contributed by atoms with Crippen molar-refractivity contribution in [1.82, 2.24) is 4.98 Å². The van der Waals surface area contributed by atoms with Crippen LogP contribution in [-0.4, -0.2) is 19.8 Å². The van der Waals surface area contributed by atoms with Crippen molar-refractivity contribution in [2.75, 3.05) is 9.62 Å². The molecule has 0 spiro atoms. The molecule has 0 bridgehead atoms. The van der Waals surface area contributed by atoms with Crippen LogP contribution < -0.4 is 14.4 Å². The molecule has 1 aromatic heterocycles. The fraction of sp³-hybridized carbons (Fsp3) is 0.190. The molecule has 34 heavy (non-hydrogen) atoms. The summed E-state index contributed by atoms with van der Waals surface area (Å²) in [5.41, 5.74) is -0.112. The summed E-state index contributed by atoms with van der Waals surface area (Å²) in [6.07, 6.45) is -9.65. The Morgan fingerprint density at radius 2 is 1.65 bits per heavy atom. The largest absolute Gasteiger partial charge is 0.573 e. The van der Waals surface area contributed by atoms with Crippen LogP contribution in [0.1, 0.15) is 16.8 Å². The predicted octanol–water partition coefficient (Wildman–Crippen LogP) is 5.76. The highest BCUT2D eigenvalue weighted by atomic mass is 32.2.